The van der Waals surface area contributed by atoms with Crippen molar-refractivity contribution in [1.82, 2.24) is 20.2 Å². The van der Waals surface area contributed by atoms with E-state index in [1.54, 1.807) is 6.92 Å². The first-order valence-electron chi connectivity index (χ1n) is 9.68. The van der Waals surface area contributed by atoms with Gasteiger partial charge in [0, 0.05) is 44.7 Å². The second-order valence-electron chi connectivity index (χ2n) is 7.69. The number of hydrogen-bond acceptors (Lipinski definition) is 5. The van der Waals surface area contributed by atoms with Gasteiger partial charge < -0.3 is 10.2 Å². The molecule has 3 heterocycles. The van der Waals surface area contributed by atoms with Gasteiger partial charge in [0.15, 0.2) is 5.13 Å². The summed E-state index contributed by atoms with van der Waals surface area (Å²) in [6, 6.07) is 1.63. The first kappa shape index (κ1) is 22.4. The average Bonchev–Trinajstić information content (AvgIpc) is 3.01. The molecule has 1 aliphatic carbocycles. The van der Waals surface area contributed by atoms with Gasteiger partial charge in [0.05, 0.1) is 5.69 Å². The summed E-state index contributed by atoms with van der Waals surface area (Å²) in [5.74, 6) is -4.02. The van der Waals surface area contributed by atoms with E-state index in [0.29, 0.717) is 22.9 Å². The topological polar surface area (TPSA) is 78.4 Å². The van der Waals surface area contributed by atoms with E-state index in [4.69, 9.17) is 0 Å². The van der Waals surface area contributed by atoms with Gasteiger partial charge in [-0.25, -0.2) is 18.6 Å². The van der Waals surface area contributed by atoms with Crippen LogP contribution in [0.5, 0.6) is 0 Å². The molecule has 172 valence electrons. The molecular formula is C19H18F5N5O2S. The maximum Gasteiger partial charge on any atom is 0.433 e. The molecule has 0 spiro atoms. The molecule has 1 N–H and O–H groups in total. The highest BCUT2D eigenvalue weighted by molar-refractivity contribution is 7.17. The Morgan fingerprint density at radius 2 is 2.03 bits per heavy atom. The first-order chi connectivity index (χ1) is 15.0. The molecular weight excluding hydrogens is 457 g/mol. The summed E-state index contributed by atoms with van der Waals surface area (Å²) >= 11 is 0.989. The quantitative estimate of drug-likeness (QED) is 0.647. The fraction of sp³-hybridized carbons (Fsp3) is 0.474. The van der Waals surface area contributed by atoms with Crippen LogP contribution in [0.1, 0.15) is 33.0 Å². The number of carbonyl (C=O) groups is 2. The Hall–Kier alpha value is -2.83. The average molecular weight is 475 g/mol. The lowest BCUT2D eigenvalue weighted by molar-refractivity contribution is -0.141. The van der Waals surface area contributed by atoms with Crippen LogP contribution in [-0.2, 0) is 12.7 Å². The van der Waals surface area contributed by atoms with Crippen molar-refractivity contribution in [2.45, 2.75) is 32.0 Å². The number of aromatic nitrogens is 2. The number of hydrogen-bond donors (Lipinski definition) is 1. The van der Waals surface area contributed by atoms with Gasteiger partial charge in [-0.15, -0.1) is 0 Å². The Balaban J connectivity index is 1.37. The third kappa shape index (κ3) is 4.52. The summed E-state index contributed by atoms with van der Waals surface area (Å²) in [4.78, 5) is 35.7. The number of halogens is 5. The van der Waals surface area contributed by atoms with Gasteiger partial charge in [-0.05, 0) is 18.6 Å². The van der Waals surface area contributed by atoms with Gasteiger partial charge in [-0.2, -0.15) is 13.2 Å². The number of alkyl halides is 5. The molecule has 1 saturated heterocycles. The van der Waals surface area contributed by atoms with Gasteiger partial charge in [0.1, 0.15) is 10.6 Å². The summed E-state index contributed by atoms with van der Waals surface area (Å²) < 4.78 is 64.0. The Kier molecular flexibility index (Phi) is 5.55. The van der Waals surface area contributed by atoms with Crippen molar-refractivity contribution >= 4 is 28.4 Å². The number of nitrogens with zero attached hydrogens (tertiary/aromatic N) is 4. The van der Waals surface area contributed by atoms with E-state index in [1.165, 1.54) is 15.9 Å². The fourth-order valence-electron chi connectivity index (χ4n) is 3.33. The molecule has 13 heteroatoms. The summed E-state index contributed by atoms with van der Waals surface area (Å²) in [5, 5.41) is 2.89. The monoisotopic (exact) mass is 475 g/mol. The standard InChI is InChI=1S/C19H18F5N5O2S/c1-10-14(15(30)26-8-11-2-3-13(25-7-11)19(22,23)24)32-16(27-10)29-5-4-28(17(29)31)9-12-6-18(12,20)21/h2-3,7,12H,4-6,8-9H2,1H3,(H,26,30). The predicted molar refractivity (Wildman–Crippen MR) is 105 cm³/mol. The number of pyridine rings is 1. The number of nitrogens with one attached hydrogen (secondary N) is 1. The number of urea groups is 1. The van der Waals surface area contributed by atoms with Gasteiger partial charge in [0.25, 0.3) is 11.8 Å². The van der Waals surface area contributed by atoms with Gasteiger partial charge >= 0.3 is 12.2 Å². The van der Waals surface area contributed by atoms with Crippen LogP contribution in [0.2, 0.25) is 0 Å². The van der Waals surface area contributed by atoms with Crippen LogP contribution in [0.3, 0.4) is 0 Å². The van der Waals surface area contributed by atoms with Gasteiger partial charge in [-0.1, -0.05) is 17.4 Å². The number of carbonyl (C=O) groups excluding carboxylic acids is 2. The van der Waals surface area contributed by atoms with E-state index >= 15 is 0 Å². The maximum absolute atomic E-state index is 13.1. The molecule has 32 heavy (non-hydrogen) atoms. The number of anilines is 1. The maximum atomic E-state index is 13.1. The zero-order valence-corrected chi connectivity index (χ0v) is 17.6. The van der Waals surface area contributed by atoms with Crippen molar-refractivity contribution in [2.75, 3.05) is 24.5 Å². The number of thiazole rings is 1. The van der Waals surface area contributed by atoms with Crippen molar-refractivity contribution in [3.8, 4) is 0 Å². The molecule has 0 radical (unpaired) electrons. The Morgan fingerprint density at radius 3 is 2.62 bits per heavy atom. The van der Waals surface area contributed by atoms with E-state index in [1.807, 2.05) is 0 Å². The third-order valence-corrected chi connectivity index (χ3v) is 6.46. The highest BCUT2D eigenvalue weighted by atomic mass is 32.1. The lowest BCUT2D eigenvalue weighted by Crippen LogP contribution is -2.33. The van der Waals surface area contributed by atoms with Gasteiger partial charge in [-0.3, -0.25) is 14.7 Å². The number of amides is 3. The molecule has 3 amide bonds. The Bertz CT molecular complexity index is 1040. The summed E-state index contributed by atoms with van der Waals surface area (Å²) in [7, 11) is 0. The van der Waals surface area contributed by atoms with Crippen molar-refractivity contribution in [3.63, 3.8) is 0 Å². The molecule has 2 fully saturated rings. The molecule has 4 rings (SSSR count). The van der Waals surface area contributed by atoms with Gasteiger partial charge in [0.2, 0.25) is 0 Å². The molecule has 1 atom stereocenters. The second-order valence-corrected chi connectivity index (χ2v) is 8.66. The zero-order valence-electron chi connectivity index (χ0n) is 16.7. The van der Waals surface area contributed by atoms with E-state index in [2.05, 4.69) is 15.3 Å². The number of rotatable bonds is 6. The molecule has 2 aliphatic rings. The van der Waals surface area contributed by atoms with Crippen LogP contribution in [0.25, 0.3) is 0 Å². The number of aryl methyl sites for hydroxylation is 1. The summed E-state index contributed by atoms with van der Waals surface area (Å²) in [5.41, 5.74) is -0.255. The molecule has 0 bridgehead atoms. The molecule has 1 unspecified atom stereocenters. The van der Waals surface area contributed by atoms with Crippen molar-refractivity contribution in [1.29, 1.82) is 0 Å². The summed E-state index contributed by atoms with van der Waals surface area (Å²) in [6.45, 7) is 2.12. The molecule has 1 saturated carbocycles. The summed E-state index contributed by atoms with van der Waals surface area (Å²) in [6.07, 6.45) is -3.72. The molecule has 1 aliphatic heterocycles. The normalized spacial score (nSPS) is 20.1. The zero-order chi connectivity index (χ0) is 23.3. The lowest BCUT2D eigenvalue weighted by atomic mass is 10.2. The first-order valence-corrected chi connectivity index (χ1v) is 10.5. The van der Waals surface area contributed by atoms with Crippen LogP contribution in [0.15, 0.2) is 18.3 Å². The largest absolute Gasteiger partial charge is 0.433 e. The van der Waals surface area contributed by atoms with E-state index in [0.717, 1.165) is 23.6 Å². The van der Waals surface area contributed by atoms with Crippen LogP contribution in [-0.4, -0.2) is 52.4 Å². The molecule has 0 aromatic carbocycles. The third-order valence-electron chi connectivity index (χ3n) is 5.28. The van der Waals surface area contributed by atoms with Crippen LogP contribution >= 0.6 is 11.3 Å². The lowest BCUT2D eigenvalue weighted by Gasteiger charge is -2.16. The minimum atomic E-state index is -4.54. The Labute approximate surface area is 183 Å². The van der Waals surface area contributed by atoms with Crippen molar-refractivity contribution in [2.24, 2.45) is 5.92 Å². The van der Waals surface area contributed by atoms with Crippen LogP contribution in [0.4, 0.5) is 31.9 Å². The predicted octanol–water partition coefficient (Wildman–Crippen LogP) is 3.69. The van der Waals surface area contributed by atoms with E-state index < -0.39 is 35.6 Å². The minimum absolute atomic E-state index is 0.0127. The fourth-order valence-corrected chi connectivity index (χ4v) is 4.33. The smallest absolute Gasteiger partial charge is 0.347 e. The molecule has 2 aromatic heterocycles. The van der Waals surface area contributed by atoms with Crippen molar-refractivity contribution < 1.29 is 31.5 Å². The van der Waals surface area contributed by atoms with Crippen molar-refractivity contribution in [3.05, 3.63) is 40.2 Å². The second kappa shape index (κ2) is 7.94. The van der Waals surface area contributed by atoms with Crippen LogP contribution < -0.4 is 10.2 Å². The molecule has 2 aromatic rings. The minimum Gasteiger partial charge on any atom is -0.347 e. The van der Waals surface area contributed by atoms with E-state index in [-0.39, 0.29) is 30.9 Å². The SMILES string of the molecule is Cc1nc(N2CCN(CC3CC3(F)F)C2=O)sc1C(=O)NCc1ccc(C(F)(F)F)nc1. The highest BCUT2D eigenvalue weighted by Crippen LogP contribution is 2.49. The van der Waals surface area contributed by atoms with Crippen LogP contribution in [0, 0.1) is 12.8 Å². The highest BCUT2D eigenvalue weighted by Gasteiger charge is 2.58. The molecule has 7 nitrogen and oxygen atoms in total. The van der Waals surface area contributed by atoms with E-state index in [9.17, 15) is 31.5 Å². The Morgan fingerprint density at radius 1 is 1.31 bits per heavy atom.